The zero-order valence-electron chi connectivity index (χ0n) is 13.4. The number of aliphatic hydroxyl groups is 4. The molecular formula is C11H24Br2N8O4. The van der Waals surface area contributed by atoms with Crippen LogP contribution in [-0.4, -0.2) is 79.3 Å². The lowest BCUT2D eigenvalue weighted by molar-refractivity contribution is -0.0916. The summed E-state index contributed by atoms with van der Waals surface area (Å²) in [5.74, 6) is -0.518. The molecule has 0 spiro atoms. The number of aliphatic hydroxyl groups excluding tert-OH is 4. The Morgan fingerprint density at radius 2 is 1.40 bits per heavy atom. The lowest BCUT2D eigenvalue weighted by Gasteiger charge is -2.24. The highest BCUT2D eigenvalue weighted by Crippen LogP contribution is 2.08. The SMILES string of the molecule is CC(/C=N/NC(=N)N)=N\NC(=N)N.O[C@@H]([C@H](O)[C@H](O)CBr)[C@H](O)CBr. The van der Waals surface area contributed by atoms with E-state index in [1.165, 1.54) is 6.21 Å². The van der Waals surface area contributed by atoms with E-state index in [-0.39, 0.29) is 22.6 Å². The van der Waals surface area contributed by atoms with Gasteiger partial charge >= 0.3 is 0 Å². The van der Waals surface area contributed by atoms with Gasteiger partial charge in [0.1, 0.15) is 12.2 Å². The molecule has 0 aromatic rings. The van der Waals surface area contributed by atoms with E-state index in [4.69, 9.17) is 32.5 Å². The standard InChI is InChI=1S/C6H12Br2O4.C5H12N8/c7-1-3(9)5(11)6(12)4(10)2-8;1-3(11-13-5(8)9)2-10-12-4(6)7/h3-6,9-12H,1-2H2;2H,1H3,(H4,6,7,12)(H4,8,9,13)/b;10-2+,11-3+/t3-,4-,5-,6-;/m1./s1. The molecule has 0 amide bonds. The Kier molecular flexibility index (Phi) is 15.5. The molecule has 14 heteroatoms. The fraction of sp³-hybridized carbons (Fsp3) is 0.636. The van der Waals surface area contributed by atoms with Gasteiger partial charge in [0.05, 0.1) is 24.1 Å². The first-order valence-electron chi connectivity index (χ1n) is 6.68. The second kappa shape index (κ2) is 15.0. The van der Waals surface area contributed by atoms with Crippen molar-refractivity contribution >= 4 is 55.7 Å². The number of halogens is 2. The van der Waals surface area contributed by atoms with Crippen molar-refractivity contribution in [2.24, 2.45) is 21.7 Å². The lowest BCUT2D eigenvalue weighted by atomic mass is 10.1. The number of hydrogen-bond acceptors (Lipinski definition) is 8. The summed E-state index contributed by atoms with van der Waals surface area (Å²) in [6.07, 6.45) is -3.49. The molecule has 0 saturated carbocycles. The van der Waals surface area contributed by atoms with Crippen LogP contribution in [0, 0.1) is 10.8 Å². The smallest absolute Gasteiger partial charge is 0.206 e. The van der Waals surface area contributed by atoms with Gasteiger partial charge in [0.25, 0.3) is 0 Å². The van der Waals surface area contributed by atoms with Gasteiger partial charge in [0.15, 0.2) is 0 Å². The second-order valence-corrected chi connectivity index (χ2v) is 5.78. The van der Waals surface area contributed by atoms with Crippen LogP contribution >= 0.6 is 31.9 Å². The molecule has 0 aromatic carbocycles. The van der Waals surface area contributed by atoms with Crippen LogP contribution in [0.15, 0.2) is 10.2 Å². The molecule has 0 radical (unpaired) electrons. The quantitative estimate of drug-likeness (QED) is 0.0754. The van der Waals surface area contributed by atoms with E-state index >= 15 is 0 Å². The van der Waals surface area contributed by atoms with E-state index in [9.17, 15) is 10.2 Å². The molecule has 0 saturated heterocycles. The summed E-state index contributed by atoms with van der Waals surface area (Å²) in [5, 5.41) is 57.5. The van der Waals surface area contributed by atoms with E-state index in [2.05, 4.69) is 52.9 Å². The minimum Gasteiger partial charge on any atom is -0.389 e. The van der Waals surface area contributed by atoms with Crippen molar-refractivity contribution in [3.8, 4) is 0 Å². The van der Waals surface area contributed by atoms with Crippen molar-refractivity contribution < 1.29 is 20.4 Å². The number of hydrazone groups is 2. The summed E-state index contributed by atoms with van der Waals surface area (Å²) in [6.45, 7) is 1.64. The van der Waals surface area contributed by atoms with Crippen LogP contribution in [0.25, 0.3) is 0 Å². The number of guanidine groups is 2. The van der Waals surface area contributed by atoms with Crippen molar-refractivity contribution in [3.63, 3.8) is 0 Å². The molecule has 0 aromatic heterocycles. The van der Waals surface area contributed by atoms with Gasteiger partial charge in [0.2, 0.25) is 11.9 Å². The Balaban J connectivity index is 0. The zero-order chi connectivity index (χ0) is 20.0. The third-order valence-corrected chi connectivity index (χ3v) is 3.57. The van der Waals surface area contributed by atoms with E-state index in [1.807, 2.05) is 0 Å². The number of nitrogens with one attached hydrogen (secondary N) is 4. The molecule has 0 aliphatic carbocycles. The Hall–Kier alpha value is -1.32. The second-order valence-electron chi connectivity index (χ2n) is 4.49. The van der Waals surface area contributed by atoms with Gasteiger partial charge in [-0.15, -0.1) is 0 Å². The summed E-state index contributed by atoms with van der Waals surface area (Å²) in [4.78, 5) is 0. The zero-order valence-corrected chi connectivity index (χ0v) is 16.6. The van der Waals surface area contributed by atoms with Gasteiger partial charge in [-0.1, -0.05) is 31.9 Å². The van der Waals surface area contributed by atoms with Crippen LogP contribution in [-0.2, 0) is 0 Å². The Labute approximate surface area is 161 Å². The van der Waals surface area contributed by atoms with Crippen molar-refractivity contribution in [1.82, 2.24) is 10.9 Å². The molecule has 0 bridgehead atoms. The van der Waals surface area contributed by atoms with Crippen LogP contribution in [0.5, 0.6) is 0 Å². The van der Waals surface area contributed by atoms with Gasteiger partial charge in [-0.05, 0) is 6.92 Å². The fourth-order valence-electron chi connectivity index (χ4n) is 1.01. The van der Waals surface area contributed by atoms with Crippen LogP contribution in [0.1, 0.15) is 6.92 Å². The number of nitrogens with two attached hydrogens (primary N) is 2. The van der Waals surface area contributed by atoms with Crippen LogP contribution in [0.2, 0.25) is 0 Å². The topological polar surface area (TPSA) is 229 Å². The maximum absolute atomic E-state index is 9.18. The van der Waals surface area contributed by atoms with E-state index in [0.29, 0.717) is 5.71 Å². The highest BCUT2D eigenvalue weighted by Gasteiger charge is 2.28. The molecule has 0 fully saturated rings. The molecule has 0 unspecified atom stereocenters. The molecule has 146 valence electrons. The van der Waals surface area contributed by atoms with Gasteiger partial charge in [-0.3, -0.25) is 10.8 Å². The largest absolute Gasteiger partial charge is 0.389 e. The first-order valence-corrected chi connectivity index (χ1v) is 8.92. The molecule has 12 nitrogen and oxygen atoms in total. The first kappa shape index (κ1) is 25.9. The minimum absolute atomic E-state index is 0.153. The first-order chi connectivity index (χ1) is 11.6. The Morgan fingerprint density at radius 1 is 1.00 bits per heavy atom. The lowest BCUT2D eigenvalue weighted by Crippen LogP contribution is -2.45. The summed E-state index contributed by atoms with van der Waals surface area (Å²) in [5.41, 5.74) is 14.8. The van der Waals surface area contributed by atoms with Crippen molar-refractivity contribution in [2.75, 3.05) is 10.7 Å². The van der Waals surface area contributed by atoms with Gasteiger partial charge in [-0.2, -0.15) is 10.2 Å². The van der Waals surface area contributed by atoms with Gasteiger partial charge in [-0.25, -0.2) is 10.9 Å². The molecule has 25 heavy (non-hydrogen) atoms. The summed E-state index contributed by atoms with van der Waals surface area (Å²) >= 11 is 5.88. The highest BCUT2D eigenvalue weighted by atomic mass is 79.9. The van der Waals surface area contributed by atoms with E-state index in [1.54, 1.807) is 6.92 Å². The maximum atomic E-state index is 9.18. The average Bonchev–Trinajstić information content (AvgIpc) is 2.57. The minimum atomic E-state index is -1.34. The summed E-state index contributed by atoms with van der Waals surface area (Å²) < 4.78 is 0. The molecule has 0 rings (SSSR count). The Morgan fingerprint density at radius 3 is 1.72 bits per heavy atom. The fourth-order valence-corrected chi connectivity index (χ4v) is 1.78. The summed E-state index contributed by atoms with van der Waals surface area (Å²) in [6, 6.07) is 0. The molecular weight excluding hydrogens is 468 g/mol. The normalized spacial score (nSPS) is 16.2. The van der Waals surface area contributed by atoms with Crippen molar-refractivity contribution in [1.29, 1.82) is 10.8 Å². The monoisotopic (exact) mass is 490 g/mol. The van der Waals surface area contributed by atoms with Gasteiger partial charge in [0, 0.05) is 10.7 Å². The molecule has 0 heterocycles. The molecule has 0 aliphatic heterocycles. The van der Waals surface area contributed by atoms with Crippen molar-refractivity contribution in [3.05, 3.63) is 0 Å². The van der Waals surface area contributed by atoms with Crippen molar-refractivity contribution in [2.45, 2.75) is 31.3 Å². The van der Waals surface area contributed by atoms with Crippen LogP contribution < -0.4 is 22.3 Å². The average molecular weight is 492 g/mol. The third-order valence-electron chi connectivity index (χ3n) is 2.24. The Bertz CT molecular complexity index is 451. The number of hydrogen-bond donors (Lipinski definition) is 10. The summed E-state index contributed by atoms with van der Waals surface area (Å²) in [7, 11) is 0. The maximum Gasteiger partial charge on any atom is 0.206 e. The number of nitrogens with zero attached hydrogens (tertiary/aromatic N) is 2. The third kappa shape index (κ3) is 14.7. The van der Waals surface area contributed by atoms with E-state index in [0.717, 1.165) is 0 Å². The highest BCUT2D eigenvalue weighted by molar-refractivity contribution is 9.09. The molecule has 0 aliphatic rings. The molecule has 12 N–H and O–H groups in total. The molecule has 4 atom stereocenters. The van der Waals surface area contributed by atoms with Crippen LogP contribution in [0.3, 0.4) is 0 Å². The number of rotatable bonds is 8. The predicted octanol–water partition coefficient (Wildman–Crippen LogP) is -2.47. The predicted molar refractivity (Wildman–Crippen MR) is 103 cm³/mol. The van der Waals surface area contributed by atoms with Crippen LogP contribution in [0.4, 0.5) is 0 Å². The number of alkyl halides is 2. The van der Waals surface area contributed by atoms with E-state index < -0.39 is 24.4 Å². The van der Waals surface area contributed by atoms with Gasteiger partial charge < -0.3 is 31.9 Å².